The second-order valence-electron chi connectivity index (χ2n) is 6.07. The molecule has 128 valence electrons. The predicted octanol–water partition coefficient (Wildman–Crippen LogP) is 3.04. The highest BCUT2D eigenvalue weighted by Gasteiger charge is 2.21. The Hall–Kier alpha value is -2.22. The Balaban J connectivity index is 1.68. The molecule has 4 rings (SSSR count). The van der Waals surface area contributed by atoms with E-state index in [4.69, 9.17) is 34.0 Å². The van der Waals surface area contributed by atoms with E-state index in [0.717, 1.165) is 24.2 Å². The van der Waals surface area contributed by atoms with Crippen LogP contribution in [-0.4, -0.2) is 21.4 Å². The summed E-state index contributed by atoms with van der Waals surface area (Å²) >= 11 is 11.1. The third-order valence-electron chi connectivity index (χ3n) is 4.41. The fraction of sp³-hybridized carbons (Fsp3) is 0.235. The summed E-state index contributed by atoms with van der Waals surface area (Å²) in [4.78, 5) is 22.2. The number of anilines is 1. The number of benzene rings is 1. The summed E-state index contributed by atoms with van der Waals surface area (Å²) in [6, 6.07) is 4.94. The Morgan fingerprint density at radius 2 is 2.28 bits per heavy atom. The first-order chi connectivity index (χ1) is 12.0. The maximum atomic E-state index is 12.8. The zero-order valence-corrected chi connectivity index (χ0v) is 14.8. The Bertz CT molecular complexity index is 1090. The van der Waals surface area contributed by atoms with Crippen molar-refractivity contribution in [2.45, 2.75) is 19.5 Å². The molecule has 25 heavy (non-hydrogen) atoms. The first-order valence-electron chi connectivity index (χ1n) is 7.81. The molecule has 0 saturated carbocycles. The number of nitrogens with two attached hydrogens (primary N) is 1. The van der Waals surface area contributed by atoms with Crippen LogP contribution in [0.1, 0.15) is 16.8 Å². The van der Waals surface area contributed by atoms with Gasteiger partial charge < -0.3 is 15.1 Å². The lowest BCUT2D eigenvalue weighted by molar-refractivity contribution is 0.241. The molecule has 0 fully saturated rings. The van der Waals surface area contributed by atoms with Crippen LogP contribution in [0.15, 0.2) is 33.6 Å². The molecule has 3 heterocycles. The number of hydrogen-bond donors (Lipinski definition) is 2. The molecule has 6 nitrogen and oxygen atoms in total. The molecule has 3 aromatic rings. The zero-order valence-electron chi connectivity index (χ0n) is 13.2. The van der Waals surface area contributed by atoms with Gasteiger partial charge in [-0.2, -0.15) is 0 Å². The van der Waals surface area contributed by atoms with Gasteiger partial charge in [-0.1, -0.05) is 11.6 Å². The summed E-state index contributed by atoms with van der Waals surface area (Å²) in [5.74, 6) is 0.149. The summed E-state index contributed by atoms with van der Waals surface area (Å²) in [5, 5.41) is 0.934. The molecule has 0 saturated heterocycles. The Morgan fingerprint density at radius 3 is 3.12 bits per heavy atom. The number of hydrogen-bond acceptors (Lipinski definition) is 6. The normalized spacial score (nSPS) is 14.6. The molecule has 0 atom stereocenters. The van der Waals surface area contributed by atoms with E-state index < -0.39 is 0 Å². The van der Waals surface area contributed by atoms with Crippen molar-refractivity contribution in [3.8, 4) is 0 Å². The molecular formula is C17H15ClN4O2S. The quantitative estimate of drug-likeness (QED) is 0.670. The van der Waals surface area contributed by atoms with E-state index >= 15 is 0 Å². The highest BCUT2D eigenvalue weighted by Crippen LogP contribution is 2.23. The van der Waals surface area contributed by atoms with Gasteiger partial charge in [0.2, 0.25) is 0 Å². The van der Waals surface area contributed by atoms with Gasteiger partial charge in [0.1, 0.15) is 5.58 Å². The van der Waals surface area contributed by atoms with Crippen molar-refractivity contribution in [3.05, 3.63) is 61.2 Å². The first-order valence-corrected chi connectivity index (χ1v) is 8.60. The lowest BCUT2D eigenvalue weighted by Crippen LogP contribution is -2.33. The molecule has 1 aliphatic heterocycles. The van der Waals surface area contributed by atoms with Gasteiger partial charge in [-0.15, -0.1) is 0 Å². The number of nitrogens with one attached hydrogen (secondary N) is 1. The maximum Gasteiger partial charge on any atom is 0.199 e. The van der Waals surface area contributed by atoms with Crippen LogP contribution in [0.25, 0.3) is 11.0 Å². The van der Waals surface area contributed by atoms with Gasteiger partial charge in [0, 0.05) is 48.5 Å². The molecular weight excluding hydrogens is 360 g/mol. The molecule has 0 spiro atoms. The topological polar surface area (TPSA) is 88.1 Å². The standard InChI is InChI=1S/C17H15ClN4O2S/c18-10-1-2-14-11(5-10)15(23)12(16(19)24-14)8-22-4-3-13-9(7-22)6-20-17(25)21-13/h1-2,5-6H,3-4,7-8,19H2,(H,20,21,25). The van der Waals surface area contributed by atoms with Crippen LogP contribution >= 0.6 is 23.8 Å². The summed E-state index contributed by atoms with van der Waals surface area (Å²) < 4.78 is 6.10. The van der Waals surface area contributed by atoms with Crippen LogP contribution in [-0.2, 0) is 19.5 Å². The van der Waals surface area contributed by atoms with Gasteiger partial charge in [0.15, 0.2) is 16.1 Å². The second-order valence-corrected chi connectivity index (χ2v) is 6.89. The van der Waals surface area contributed by atoms with Crippen molar-refractivity contribution in [1.29, 1.82) is 0 Å². The van der Waals surface area contributed by atoms with E-state index in [1.165, 1.54) is 0 Å². The van der Waals surface area contributed by atoms with E-state index in [9.17, 15) is 4.79 Å². The smallest absolute Gasteiger partial charge is 0.199 e. The molecule has 0 amide bonds. The van der Waals surface area contributed by atoms with E-state index in [2.05, 4.69) is 14.9 Å². The lowest BCUT2D eigenvalue weighted by Gasteiger charge is -2.28. The SMILES string of the molecule is Nc1oc2ccc(Cl)cc2c(=O)c1CN1CCc2[nH]c(=S)ncc2C1. The number of halogens is 1. The highest BCUT2D eigenvalue weighted by molar-refractivity contribution is 7.71. The van der Waals surface area contributed by atoms with Crippen LogP contribution in [0, 0.1) is 4.77 Å². The van der Waals surface area contributed by atoms with Crippen LogP contribution in [0.2, 0.25) is 5.02 Å². The third-order valence-corrected chi connectivity index (χ3v) is 4.86. The molecule has 0 aliphatic carbocycles. The average molecular weight is 375 g/mol. The molecule has 1 aromatic carbocycles. The Kier molecular flexibility index (Phi) is 4.07. The van der Waals surface area contributed by atoms with Gasteiger partial charge in [-0.25, -0.2) is 4.98 Å². The molecule has 0 radical (unpaired) electrons. The summed E-state index contributed by atoms with van der Waals surface area (Å²) in [6.45, 7) is 1.86. The summed E-state index contributed by atoms with van der Waals surface area (Å²) in [7, 11) is 0. The van der Waals surface area contributed by atoms with Crippen LogP contribution in [0.3, 0.4) is 0 Å². The number of aromatic nitrogens is 2. The van der Waals surface area contributed by atoms with E-state index in [1.54, 1.807) is 24.4 Å². The van der Waals surface area contributed by atoms with Crippen molar-refractivity contribution in [2.24, 2.45) is 0 Å². The fourth-order valence-electron chi connectivity index (χ4n) is 3.14. The number of rotatable bonds is 2. The number of nitrogen functional groups attached to an aromatic ring is 1. The average Bonchev–Trinajstić information content (AvgIpc) is 2.59. The van der Waals surface area contributed by atoms with Crippen LogP contribution in [0.4, 0.5) is 5.88 Å². The van der Waals surface area contributed by atoms with Crippen molar-refractivity contribution in [2.75, 3.05) is 12.3 Å². The molecule has 3 N–H and O–H groups in total. The predicted molar refractivity (Wildman–Crippen MR) is 99.1 cm³/mol. The van der Waals surface area contributed by atoms with E-state index in [0.29, 0.717) is 39.4 Å². The second kappa shape index (κ2) is 6.25. The highest BCUT2D eigenvalue weighted by atomic mass is 35.5. The van der Waals surface area contributed by atoms with Gasteiger partial charge in [-0.05, 0) is 30.4 Å². The molecule has 0 bridgehead atoms. The number of nitrogens with zero attached hydrogens (tertiary/aromatic N) is 2. The maximum absolute atomic E-state index is 12.8. The Morgan fingerprint density at radius 1 is 1.44 bits per heavy atom. The fourth-order valence-corrected chi connectivity index (χ4v) is 3.48. The van der Waals surface area contributed by atoms with Gasteiger partial charge >= 0.3 is 0 Å². The van der Waals surface area contributed by atoms with Gasteiger partial charge in [0.05, 0.1) is 10.9 Å². The molecule has 2 aromatic heterocycles. The minimum atomic E-state index is -0.141. The molecule has 0 unspecified atom stereocenters. The van der Waals surface area contributed by atoms with Crippen LogP contribution in [0.5, 0.6) is 0 Å². The van der Waals surface area contributed by atoms with Crippen molar-refractivity contribution in [1.82, 2.24) is 14.9 Å². The minimum Gasteiger partial charge on any atom is -0.440 e. The first kappa shape index (κ1) is 16.3. The number of fused-ring (bicyclic) bond motifs is 2. The zero-order chi connectivity index (χ0) is 17.6. The number of aromatic amines is 1. The molecule has 1 aliphatic rings. The van der Waals surface area contributed by atoms with E-state index in [-0.39, 0.29) is 11.3 Å². The van der Waals surface area contributed by atoms with E-state index in [1.807, 2.05) is 0 Å². The summed E-state index contributed by atoms with van der Waals surface area (Å²) in [5.41, 5.74) is 8.93. The largest absolute Gasteiger partial charge is 0.440 e. The van der Waals surface area contributed by atoms with Crippen molar-refractivity contribution in [3.63, 3.8) is 0 Å². The third kappa shape index (κ3) is 3.06. The summed E-state index contributed by atoms with van der Waals surface area (Å²) in [6.07, 6.45) is 2.60. The lowest BCUT2D eigenvalue weighted by atomic mass is 10.1. The Labute approximate surface area is 153 Å². The van der Waals surface area contributed by atoms with Crippen molar-refractivity contribution < 1.29 is 4.42 Å². The monoisotopic (exact) mass is 374 g/mol. The van der Waals surface area contributed by atoms with Gasteiger partial charge in [-0.3, -0.25) is 9.69 Å². The number of H-pyrrole nitrogens is 1. The minimum absolute atomic E-state index is 0.141. The van der Waals surface area contributed by atoms with Gasteiger partial charge in [0.25, 0.3) is 0 Å². The van der Waals surface area contributed by atoms with Crippen LogP contribution < -0.4 is 11.2 Å². The molecule has 8 heteroatoms. The van der Waals surface area contributed by atoms with Crippen molar-refractivity contribution >= 4 is 40.7 Å².